The first-order valence-electron chi connectivity index (χ1n) is 7.05. The number of hydrogen-bond donors (Lipinski definition) is 1. The molecule has 1 unspecified atom stereocenters. The molecule has 0 amide bonds. The fourth-order valence-corrected chi connectivity index (χ4v) is 3.01. The number of benzene rings is 1. The highest BCUT2D eigenvalue weighted by Gasteiger charge is 2.45. The maximum atomic E-state index is 13.1. The molecule has 5 heteroatoms. The van der Waals surface area contributed by atoms with Gasteiger partial charge < -0.3 is 5.11 Å². The fraction of sp³-hybridized carbons (Fsp3) is 0.562. The monoisotopic (exact) mass is 297 g/mol. The molecule has 1 aliphatic carbocycles. The number of alkyl halides is 3. The average molecular weight is 297 g/mol. The molecule has 1 N–H and O–H groups in total. The van der Waals surface area contributed by atoms with Crippen molar-refractivity contribution in [2.24, 2.45) is 11.3 Å². The van der Waals surface area contributed by atoms with E-state index in [1.807, 2.05) is 0 Å². The summed E-state index contributed by atoms with van der Waals surface area (Å²) in [6, 6.07) is 7.07. The Kier molecular flexibility index (Phi) is 4.29. The zero-order chi connectivity index (χ0) is 15.7. The van der Waals surface area contributed by atoms with E-state index < -0.39 is 23.3 Å². The van der Waals surface area contributed by atoms with E-state index in [9.17, 15) is 23.5 Å². The summed E-state index contributed by atoms with van der Waals surface area (Å²) in [5.41, 5.74) is -2.17. The van der Waals surface area contributed by atoms with Crippen LogP contribution in [0, 0.1) is 22.7 Å². The summed E-state index contributed by atoms with van der Waals surface area (Å²) < 4.78 is 39.2. The van der Waals surface area contributed by atoms with Crippen molar-refractivity contribution in [3.8, 4) is 6.07 Å². The van der Waals surface area contributed by atoms with Gasteiger partial charge in [0.05, 0.1) is 23.2 Å². The molecule has 1 aromatic carbocycles. The minimum atomic E-state index is -4.53. The zero-order valence-electron chi connectivity index (χ0n) is 11.8. The predicted molar refractivity (Wildman–Crippen MR) is 72.1 cm³/mol. The average Bonchev–Trinajstić information content (AvgIpc) is 2.47. The third-order valence-corrected chi connectivity index (χ3v) is 4.47. The largest absolute Gasteiger partial charge is 0.416 e. The lowest BCUT2D eigenvalue weighted by molar-refractivity contribution is -0.140. The summed E-state index contributed by atoms with van der Waals surface area (Å²) >= 11 is 0. The Labute approximate surface area is 122 Å². The summed E-state index contributed by atoms with van der Waals surface area (Å²) in [4.78, 5) is 0. The van der Waals surface area contributed by atoms with Gasteiger partial charge in [-0.3, -0.25) is 0 Å². The van der Waals surface area contributed by atoms with Crippen molar-refractivity contribution in [2.45, 2.75) is 44.9 Å². The molecule has 1 saturated carbocycles. The van der Waals surface area contributed by atoms with Crippen LogP contribution < -0.4 is 0 Å². The molecule has 1 fully saturated rings. The smallest absolute Gasteiger partial charge is 0.387 e. The van der Waals surface area contributed by atoms with Crippen molar-refractivity contribution < 1.29 is 18.3 Å². The molecule has 0 radical (unpaired) electrons. The fourth-order valence-electron chi connectivity index (χ4n) is 3.01. The van der Waals surface area contributed by atoms with Crippen LogP contribution in [0.5, 0.6) is 0 Å². The van der Waals surface area contributed by atoms with Crippen LogP contribution >= 0.6 is 0 Å². The molecule has 0 aromatic heterocycles. The Bertz CT molecular complexity index is 539. The molecule has 0 spiro atoms. The number of nitrogens with zero attached hydrogens (tertiary/aromatic N) is 1. The summed E-state index contributed by atoms with van der Waals surface area (Å²) in [6.45, 7) is 2.05. The third kappa shape index (κ3) is 3.06. The van der Waals surface area contributed by atoms with E-state index in [2.05, 4.69) is 13.0 Å². The normalized spacial score (nSPS) is 27.9. The second-order valence-electron chi connectivity index (χ2n) is 5.94. The zero-order valence-corrected chi connectivity index (χ0v) is 11.8. The van der Waals surface area contributed by atoms with Crippen molar-refractivity contribution in [3.05, 3.63) is 35.4 Å². The molecule has 0 bridgehead atoms. The minimum absolute atomic E-state index is 0.193. The van der Waals surface area contributed by atoms with E-state index >= 15 is 0 Å². The van der Waals surface area contributed by atoms with Crippen LogP contribution in [0.3, 0.4) is 0 Å². The first kappa shape index (κ1) is 15.8. The van der Waals surface area contributed by atoms with Gasteiger partial charge in [0, 0.05) is 0 Å². The van der Waals surface area contributed by atoms with E-state index in [-0.39, 0.29) is 5.56 Å². The first-order valence-corrected chi connectivity index (χ1v) is 7.05. The van der Waals surface area contributed by atoms with Crippen molar-refractivity contribution in [3.63, 3.8) is 0 Å². The SMILES string of the molecule is CC1CCC(C#N)(C(O)c2ccccc2C(F)(F)F)CC1. The van der Waals surface area contributed by atoms with Crippen LogP contribution in [0.4, 0.5) is 13.2 Å². The number of aliphatic hydroxyl groups excluding tert-OH is 1. The second-order valence-corrected chi connectivity index (χ2v) is 5.94. The lowest BCUT2D eigenvalue weighted by atomic mass is 9.66. The summed E-state index contributed by atoms with van der Waals surface area (Å²) in [6.07, 6.45) is -3.59. The van der Waals surface area contributed by atoms with Gasteiger partial charge in [-0.05, 0) is 43.2 Å². The number of hydrogen-bond acceptors (Lipinski definition) is 2. The van der Waals surface area contributed by atoms with E-state index in [1.165, 1.54) is 18.2 Å². The highest BCUT2D eigenvalue weighted by Crippen LogP contribution is 2.49. The van der Waals surface area contributed by atoms with Gasteiger partial charge >= 0.3 is 6.18 Å². The van der Waals surface area contributed by atoms with Crippen LogP contribution in [0.2, 0.25) is 0 Å². The van der Waals surface area contributed by atoms with Gasteiger partial charge in [0.1, 0.15) is 0 Å². The molecule has 21 heavy (non-hydrogen) atoms. The van der Waals surface area contributed by atoms with Gasteiger partial charge in [-0.1, -0.05) is 25.1 Å². The standard InChI is InChI=1S/C16H18F3NO/c1-11-6-8-15(10-20,9-7-11)14(21)12-4-2-3-5-13(12)16(17,18)19/h2-5,11,14,21H,6-9H2,1H3. The Balaban J connectivity index is 2.40. The summed E-state index contributed by atoms with van der Waals surface area (Å²) in [5.74, 6) is 0.441. The highest BCUT2D eigenvalue weighted by atomic mass is 19.4. The maximum Gasteiger partial charge on any atom is 0.416 e. The Hall–Kier alpha value is -1.54. The van der Waals surface area contributed by atoms with Gasteiger partial charge in [0.25, 0.3) is 0 Å². The van der Waals surface area contributed by atoms with Crippen molar-refractivity contribution in [1.29, 1.82) is 5.26 Å². The third-order valence-electron chi connectivity index (χ3n) is 4.47. The number of halogens is 3. The minimum Gasteiger partial charge on any atom is -0.387 e. The second kappa shape index (κ2) is 5.69. The molecule has 114 valence electrons. The first-order chi connectivity index (χ1) is 9.80. The van der Waals surface area contributed by atoms with E-state index in [1.54, 1.807) is 0 Å². The quantitative estimate of drug-likeness (QED) is 0.876. The van der Waals surface area contributed by atoms with E-state index in [0.717, 1.165) is 18.9 Å². The lowest BCUT2D eigenvalue weighted by Crippen LogP contribution is -2.33. The number of rotatable bonds is 2. The Morgan fingerprint density at radius 3 is 2.38 bits per heavy atom. The van der Waals surface area contributed by atoms with Crippen LogP contribution in [-0.4, -0.2) is 5.11 Å². The maximum absolute atomic E-state index is 13.1. The molecule has 1 atom stereocenters. The van der Waals surface area contributed by atoms with E-state index in [0.29, 0.717) is 18.8 Å². The Morgan fingerprint density at radius 1 is 1.29 bits per heavy atom. The van der Waals surface area contributed by atoms with Crippen molar-refractivity contribution in [1.82, 2.24) is 0 Å². The lowest BCUT2D eigenvalue weighted by Gasteiger charge is -2.38. The topological polar surface area (TPSA) is 44.0 Å². The molecule has 0 saturated heterocycles. The van der Waals surface area contributed by atoms with E-state index in [4.69, 9.17) is 0 Å². The van der Waals surface area contributed by atoms with Gasteiger partial charge in [0.2, 0.25) is 0 Å². The molecular formula is C16H18F3NO. The number of aliphatic hydroxyl groups is 1. The Morgan fingerprint density at radius 2 is 1.86 bits per heavy atom. The van der Waals surface area contributed by atoms with Gasteiger partial charge in [-0.2, -0.15) is 18.4 Å². The summed E-state index contributed by atoms with van der Waals surface area (Å²) in [5, 5.41) is 20.0. The number of nitriles is 1. The van der Waals surface area contributed by atoms with Gasteiger partial charge in [-0.25, -0.2) is 0 Å². The molecule has 0 heterocycles. The van der Waals surface area contributed by atoms with Crippen molar-refractivity contribution >= 4 is 0 Å². The molecule has 0 aliphatic heterocycles. The van der Waals surface area contributed by atoms with Crippen molar-refractivity contribution in [2.75, 3.05) is 0 Å². The van der Waals surface area contributed by atoms with Gasteiger partial charge in [0.15, 0.2) is 0 Å². The molecule has 2 rings (SSSR count). The molecule has 2 nitrogen and oxygen atoms in total. The summed E-state index contributed by atoms with van der Waals surface area (Å²) in [7, 11) is 0. The molecule has 1 aliphatic rings. The van der Waals surface area contributed by atoms with Gasteiger partial charge in [-0.15, -0.1) is 0 Å². The van der Waals surface area contributed by atoms with Crippen LogP contribution in [0.1, 0.15) is 49.8 Å². The molecule has 1 aromatic rings. The van der Waals surface area contributed by atoms with Crippen LogP contribution in [-0.2, 0) is 6.18 Å². The molecular weight excluding hydrogens is 279 g/mol. The highest BCUT2D eigenvalue weighted by molar-refractivity contribution is 5.34. The van der Waals surface area contributed by atoms with Crippen LogP contribution in [0.15, 0.2) is 24.3 Å². The predicted octanol–water partition coefficient (Wildman–Crippen LogP) is 4.46. The van der Waals surface area contributed by atoms with Crippen LogP contribution in [0.25, 0.3) is 0 Å².